The number of halogens is 3. The maximum atomic E-state index is 12.9. The average Bonchev–Trinajstić information content (AvgIpc) is 3.23. The summed E-state index contributed by atoms with van der Waals surface area (Å²) in [5, 5.41) is 4.46. The van der Waals surface area contributed by atoms with Crippen LogP contribution in [0.15, 0.2) is 23.1 Å². The van der Waals surface area contributed by atoms with Gasteiger partial charge in [-0.3, -0.25) is 4.79 Å². The monoisotopic (exact) mass is 365 g/mol. The third-order valence-corrected chi connectivity index (χ3v) is 4.97. The molecule has 1 aliphatic heterocycles. The largest absolute Gasteiger partial charge is 0.433 e. The average molecular weight is 365 g/mol. The van der Waals surface area contributed by atoms with Gasteiger partial charge in [0.15, 0.2) is 0 Å². The summed E-state index contributed by atoms with van der Waals surface area (Å²) in [6.07, 6.45) is 0.923. The van der Waals surface area contributed by atoms with E-state index in [2.05, 4.69) is 15.1 Å². The molecule has 9 heteroatoms. The molecule has 138 valence electrons. The summed E-state index contributed by atoms with van der Waals surface area (Å²) in [6, 6.07) is 2.35. The van der Waals surface area contributed by atoms with Crippen molar-refractivity contribution in [2.24, 2.45) is 0 Å². The smallest absolute Gasteiger partial charge is 0.336 e. The van der Waals surface area contributed by atoms with Crippen molar-refractivity contribution in [3.63, 3.8) is 0 Å². The number of hydrogen-bond donors (Lipinski definition) is 0. The molecule has 1 saturated heterocycles. The van der Waals surface area contributed by atoms with Gasteiger partial charge in [-0.05, 0) is 43.7 Å². The molecule has 1 fully saturated rings. The van der Waals surface area contributed by atoms with Crippen molar-refractivity contribution in [2.75, 3.05) is 11.4 Å². The second-order valence-electron chi connectivity index (χ2n) is 6.72. The minimum atomic E-state index is -4.51. The first kappa shape index (κ1) is 17.0. The van der Waals surface area contributed by atoms with Gasteiger partial charge < -0.3 is 4.90 Å². The number of rotatable bonds is 3. The van der Waals surface area contributed by atoms with Gasteiger partial charge in [0.1, 0.15) is 5.69 Å². The van der Waals surface area contributed by atoms with Crippen molar-refractivity contribution < 1.29 is 13.2 Å². The van der Waals surface area contributed by atoms with Crippen LogP contribution in [-0.2, 0) is 25.6 Å². The van der Waals surface area contributed by atoms with Gasteiger partial charge in [0.2, 0.25) is 5.95 Å². The molecular weight excluding hydrogens is 347 g/mol. The zero-order valence-corrected chi connectivity index (χ0v) is 14.0. The Bertz CT molecular complexity index is 879. The highest BCUT2D eigenvalue weighted by Gasteiger charge is 2.35. The van der Waals surface area contributed by atoms with E-state index in [1.165, 1.54) is 4.68 Å². The quantitative estimate of drug-likeness (QED) is 0.835. The predicted molar refractivity (Wildman–Crippen MR) is 87.9 cm³/mol. The number of hydrogen-bond acceptors (Lipinski definition) is 5. The summed E-state index contributed by atoms with van der Waals surface area (Å²) >= 11 is 0. The molecule has 3 heterocycles. The fourth-order valence-electron chi connectivity index (χ4n) is 3.70. The van der Waals surface area contributed by atoms with Crippen LogP contribution in [0.5, 0.6) is 0 Å². The van der Waals surface area contributed by atoms with Gasteiger partial charge in [0.25, 0.3) is 5.56 Å². The summed E-state index contributed by atoms with van der Waals surface area (Å²) in [7, 11) is 0. The molecule has 4 rings (SSSR count). The molecule has 0 radical (unpaired) electrons. The third-order valence-electron chi connectivity index (χ3n) is 4.97. The van der Waals surface area contributed by atoms with Crippen LogP contribution in [0, 0.1) is 0 Å². The third kappa shape index (κ3) is 3.17. The number of aryl methyl sites for hydroxylation is 2. The summed E-state index contributed by atoms with van der Waals surface area (Å²) < 4.78 is 40.2. The number of nitrogens with zero attached hydrogens (tertiary/aromatic N) is 5. The Morgan fingerprint density at radius 1 is 1.23 bits per heavy atom. The van der Waals surface area contributed by atoms with Gasteiger partial charge in [-0.1, -0.05) is 0 Å². The van der Waals surface area contributed by atoms with Crippen LogP contribution < -0.4 is 10.5 Å². The molecule has 6 nitrogen and oxygen atoms in total. The highest BCUT2D eigenvalue weighted by molar-refractivity contribution is 5.34. The van der Waals surface area contributed by atoms with Crippen LogP contribution in [-0.4, -0.2) is 32.3 Å². The van der Waals surface area contributed by atoms with Gasteiger partial charge in [0, 0.05) is 18.8 Å². The van der Waals surface area contributed by atoms with E-state index in [0.29, 0.717) is 13.1 Å². The van der Waals surface area contributed by atoms with Crippen molar-refractivity contribution in [3.8, 4) is 0 Å². The van der Waals surface area contributed by atoms with Crippen molar-refractivity contribution in [2.45, 2.75) is 50.9 Å². The number of anilines is 1. The standard InChI is InChI=1S/C17H18F3N5O/c18-17(19,20)14-6-7-21-16(22-14)24-8-2-4-12(24)10-25-15(26)9-11-3-1-5-13(11)23-25/h6-7,9,12H,1-5,8,10H2. The van der Waals surface area contributed by atoms with Gasteiger partial charge in [-0.15, -0.1) is 0 Å². The first-order valence-corrected chi connectivity index (χ1v) is 8.68. The molecule has 0 aromatic carbocycles. The molecule has 1 aliphatic carbocycles. The highest BCUT2D eigenvalue weighted by Crippen LogP contribution is 2.30. The molecule has 0 spiro atoms. The number of fused-ring (bicyclic) bond motifs is 1. The lowest BCUT2D eigenvalue weighted by Gasteiger charge is -2.25. The van der Waals surface area contributed by atoms with E-state index in [4.69, 9.17) is 0 Å². The van der Waals surface area contributed by atoms with Crippen molar-refractivity contribution >= 4 is 5.95 Å². The Kier molecular flexibility index (Phi) is 4.16. The van der Waals surface area contributed by atoms with E-state index in [9.17, 15) is 18.0 Å². The molecule has 0 saturated carbocycles. The van der Waals surface area contributed by atoms with E-state index in [-0.39, 0.29) is 17.5 Å². The van der Waals surface area contributed by atoms with Crippen molar-refractivity contribution in [3.05, 3.63) is 45.6 Å². The SMILES string of the molecule is O=c1cc2c(nn1CC1CCCN1c1nccc(C(F)(F)F)n1)CCC2. The van der Waals surface area contributed by atoms with E-state index < -0.39 is 11.9 Å². The Labute approximate surface area is 147 Å². The Balaban J connectivity index is 1.59. The van der Waals surface area contributed by atoms with Crippen LogP contribution >= 0.6 is 0 Å². The minimum absolute atomic E-state index is 0.0523. The molecule has 1 atom stereocenters. The first-order chi connectivity index (χ1) is 12.4. The van der Waals surface area contributed by atoms with Crippen LogP contribution in [0.4, 0.5) is 19.1 Å². The van der Waals surface area contributed by atoms with Crippen molar-refractivity contribution in [1.82, 2.24) is 19.7 Å². The maximum Gasteiger partial charge on any atom is 0.433 e. The predicted octanol–water partition coefficient (Wildman–Crippen LogP) is 2.21. The second kappa shape index (κ2) is 6.37. The number of alkyl halides is 3. The Morgan fingerprint density at radius 2 is 2.08 bits per heavy atom. The lowest BCUT2D eigenvalue weighted by Crippen LogP contribution is -2.38. The molecule has 2 aromatic rings. The van der Waals surface area contributed by atoms with Gasteiger partial charge in [-0.25, -0.2) is 14.6 Å². The summed E-state index contributed by atoms with van der Waals surface area (Å²) in [6.45, 7) is 0.886. The van der Waals surface area contributed by atoms with Gasteiger partial charge in [-0.2, -0.15) is 18.3 Å². The van der Waals surface area contributed by atoms with Crippen molar-refractivity contribution in [1.29, 1.82) is 0 Å². The highest BCUT2D eigenvalue weighted by atomic mass is 19.4. The fraction of sp³-hybridized carbons (Fsp3) is 0.529. The second-order valence-corrected chi connectivity index (χ2v) is 6.72. The molecule has 26 heavy (non-hydrogen) atoms. The Morgan fingerprint density at radius 3 is 2.88 bits per heavy atom. The van der Waals surface area contributed by atoms with E-state index in [1.54, 1.807) is 11.0 Å². The first-order valence-electron chi connectivity index (χ1n) is 8.68. The molecule has 0 N–H and O–H groups in total. The van der Waals surface area contributed by atoms with Crippen LogP contribution in [0.2, 0.25) is 0 Å². The molecular formula is C17H18F3N5O. The number of aromatic nitrogens is 4. The van der Waals surface area contributed by atoms with Crippen LogP contribution in [0.1, 0.15) is 36.2 Å². The zero-order valence-electron chi connectivity index (χ0n) is 14.0. The molecule has 2 aliphatic rings. The molecule has 0 bridgehead atoms. The molecule has 2 aromatic heterocycles. The van der Waals surface area contributed by atoms with Crippen LogP contribution in [0.25, 0.3) is 0 Å². The maximum absolute atomic E-state index is 12.9. The van der Waals surface area contributed by atoms with Crippen LogP contribution in [0.3, 0.4) is 0 Å². The fourth-order valence-corrected chi connectivity index (χ4v) is 3.70. The zero-order chi connectivity index (χ0) is 18.3. The normalized spacial score (nSPS) is 19.8. The topological polar surface area (TPSA) is 63.9 Å². The summed E-state index contributed by atoms with van der Waals surface area (Å²) in [4.78, 5) is 21.7. The lowest BCUT2D eigenvalue weighted by atomic mass is 10.2. The molecule has 1 unspecified atom stereocenters. The lowest BCUT2D eigenvalue weighted by molar-refractivity contribution is -0.141. The van der Waals surface area contributed by atoms with E-state index >= 15 is 0 Å². The molecule has 0 amide bonds. The van der Waals surface area contributed by atoms with Gasteiger partial charge in [0.05, 0.1) is 18.3 Å². The minimum Gasteiger partial charge on any atom is -0.336 e. The Hall–Kier alpha value is -2.45. The summed E-state index contributed by atoms with van der Waals surface area (Å²) in [5.41, 5.74) is 0.837. The van der Waals surface area contributed by atoms with E-state index in [1.807, 2.05) is 0 Å². The van der Waals surface area contributed by atoms with Gasteiger partial charge >= 0.3 is 6.18 Å². The summed E-state index contributed by atoms with van der Waals surface area (Å²) in [5.74, 6) is 0.0523. The van der Waals surface area contributed by atoms with E-state index in [0.717, 1.165) is 55.6 Å².